The zero-order valence-corrected chi connectivity index (χ0v) is 13.3. The van der Waals surface area contributed by atoms with Crippen LogP contribution in [-0.2, 0) is 0 Å². The van der Waals surface area contributed by atoms with Crippen LogP contribution >= 0.6 is 47.8 Å². The summed E-state index contributed by atoms with van der Waals surface area (Å²) in [6, 6.07) is 2.40. The zero-order valence-electron chi connectivity index (χ0n) is 10.1. The van der Waals surface area contributed by atoms with Gasteiger partial charge in [0.1, 0.15) is 0 Å². The molecule has 0 spiro atoms. The van der Waals surface area contributed by atoms with Crippen molar-refractivity contribution in [2.45, 2.75) is 12.5 Å². The first-order valence-electron chi connectivity index (χ1n) is 5.61. The Morgan fingerprint density at radius 2 is 2.11 bits per heavy atom. The van der Waals surface area contributed by atoms with Gasteiger partial charge in [0.25, 0.3) is 0 Å². The number of rotatable bonds is 4. The van der Waals surface area contributed by atoms with E-state index in [1.54, 1.807) is 11.3 Å². The molecule has 1 aliphatic rings. The van der Waals surface area contributed by atoms with Crippen molar-refractivity contribution in [3.8, 4) is 0 Å². The molecule has 0 radical (unpaired) electrons. The summed E-state index contributed by atoms with van der Waals surface area (Å²) in [7, 11) is 0. The third-order valence-corrected chi connectivity index (χ3v) is 4.39. The maximum atomic E-state index is 6.22. The van der Waals surface area contributed by atoms with Gasteiger partial charge in [-0.1, -0.05) is 17.7 Å². The van der Waals surface area contributed by atoms with Gasteiger partial charge in [0.15, 0.2) is 0 Å². The van der Waals surface area contributed by atoms with Crippen molar-refractivity contribution in [3.05, 3.63) is 34.0 Å². The van der Waals surface area contributed by atoms with Crippen molar-refractivity contribution in [1.82, 2.24) is 10.2 Å². The monoisotopic (exact) mass is 328 g/mol. The molecule has 1 aromatic heterocycles. The fourth-order valence-corrected chi connectivity index (χ4v) is 3.45. The lowest BCUT2D eigenvalue weighted by Crippen LogP contribution is -2.44. The van der Waals surface area contributed by atoms with E-state index in [9.17, 15) is 0 Å². The van der Waals surface area contributed by atoms with Crippen LogP contribution in [0, 0.1) is 0 Å². The van der Waals surface area contributed by atoms with Crippen LogP contribution in [0.1, 0.15) is 17.3 Å². The van der Waals surface area contributed by atoms with E-state index in [-0.39, 0.29) is 24.8 Å². The molecule has 104 valence electrons. The Morgan fingerprint density at radius 3 is 2.61 bits per heavy atom. The van der Waals surface area contributed by atoms with Crippen LogP contribution in [0.4, 0.5) is 0 Å². The molecule has 2 heterocycles. The first kappa shape index (κ1) is 18.2. The highest BCUT2D eigenvalue weighted by Crippen LogP contribution is 2.34. The Labute approximate surface area is 130 Å². The molecule has 0 bridgehead atoms. The van der Waals surface area contributed by atoms with Crippen molar-refractivity contribution < 1.29 is 0 Å². The van der Waals surface area contributed by atoms with Crippen molar-refractivity contribution in [2.75, 3.05) is 26.2 Å². The molecule has 2 rings (SSSR count). The Morgan fingerprint density at radius 1 is 1.44 bits per heavy atom. The third-order valence-electron chi connectivity index (χ3n) is 2.93. The number of hydrogen-bond acceptors (Lipinski definition) is 3. The largest absolute Gasteiger partial charge is 0.314 e. The van der Waals surface area contributed by atoms with Gasteiger partial charge >= 0.3 is 0 Å². The topological polar surface area (TPSA) is 15.3 Å². The molecule has 6 heteroatoms. The summed E-state index contributed by atoms with van der Waals surface area (Å²) in [5.74, 6) is 0. The molecule has 1 saturated heterocycles. The molecule has 1 aliphatic heterocycles. The number of hydrogen-bond donors (Lipinski definition) is 1. The number of nitrogens with one attached hydrogen (secondary N) is 1. The highest BCUT2D eigenvalue weighted by atomic mass is 35.5. The van der Waals surface area contributed by atoms with Gasteiger partial charge < -0.3 is 5.32 Å². The summed E-state index contributed by atoms with van der Waals surface area (Å²) in [6.45, 7) is 8.17. The predicted octanol–water partition coefficient (Wildman–Crippen LogP) is 3.77. The molecule has 0 amide bonds. The van der Waals surface area contributed by atoms with E-state index in [1.807, 2.05) is 12.1 Å². The molecule has 1 atom stereocenters. The Balaban J connectivity index is 0.00000144. The van der Waals surface area contributed by atoms with Gasteiger partial charge in [-0.05, 0) is 17.9 Å². The summed E-state index contributed by atoms with van der Waals surface area (Å²) >= 11 is 7.97. The van der Waals surface area contributed by atoms with Crippen molar-refractivity contribution in [1.29, 1.82) is 0 Å². The molecule has 0 saturated carbocycles. The number of halogens is 3. The highest BCUT2D eigenvalue weighted by molar-refractivity contribution is 7.10. The maximum absolute atomic E-state index is 6.22. The molecular formula is C12H19Cl3N2S. The second kappa shape index (κ2) is 9.18. The van der Waals surface area contributed by atoms with E-state index in [4.69, 9.17) is 11.6 Å². The van der Waals surface area contributed by atoms with Crippen LogP contribution in [0.2, 0.25) is 5.02 Å². The van der Waals surface area contributed by atoms with Crippen LogP contribution in [0.25, 0.3) is 0 Å². The van der Waals surface area contributed by atoms with E-state index in [1.165, 1.54) is 4.88 Å². The Bertz CT molecular complexity index is 351. The van der Waals surface area contributed by atoms with Crippen LogP contribution in [0.15, 0.2) is 24.1 Å². The van der Waals surface area contributed by atoms with Gasteiger partial charge in [-0.25, -0.2) is 0 Å². The number of thiophene rings is 1. The summed E-state index contributed by atoms with van der Waals surface area (Å²) in [5, 5.41) is 6.34. The fraction of sp³-hybridized carbons (Fsp3) is 0.500. The maximum Gasteiger partial charge on any atom is 0.0561 e. The average Bonchev–Trinajstić information content (AvgIpc) is 2.73. The second-order valence-electron chi connectivity index (χ2n) is 3.96. The van der Waals surface area contributed by atoms with Gasteiger partial charge in [0.05, 0.1) is 5.02 Å². The quantitative estimate of drug-likeness (QED) is 0.846. The molecule has 0 aliphatic carbocycles. The molecule has 18 heavy (non-hydrogen) atoms. The van der Waals surface area contributed by atoms with Crippen molar-refractivity contribution in [2.24, 2.45) is 0 Å². The first-order valence-corrected chi connectivity index (χ1v) is 6.87. The molecule has 1 N–H and O–H groups in total. The standard InChI is InChI=1S/C12H17ClN2S.2ClH/c1-2-3-11(12-10(13)4-9-16-12)15-7-5-14-6-8-15;;/h2,4,9,11,14H,1,3,5-8H2;2*1H/t11-;;/m0../s1. The van der Waals surface area contributed by atoms with Crippen molar-refractivity contribution in [3.63, 3.8) is 0 Å². The lowest BCUT2D eigenvalue weighted by molar-refractivity contribution is 0.177. The molecule has 1 aromatic rings. The predicted molar refractivity (Wildman–Crippen MR) is 85.8 cm³/mol. The Kier molecular flexibility index (Phi) is 9.30. The van der Waals surface area contributed by atoms with Gasteiger partial charge in [-0.15, -0.1) is 42.7 Å². The number of nitrogens with zero attached hydrogens (tertiary/aromatic N) is 1. The third kappa shape index (κ3) is 4.41. The second-order valence-corrected chi connectivity index (χ2v) is 5.31. The normalized spacial score (nSPS) is 17.4. The summed E-state index contributed by atoms with van der Waals surface area (Å²) in [6.07, 6.45) is 2.96. The van der Waals surface area contributed by atoms with Crippen LogP contribution < -0.4 is 5.32 Å². The van der Waals surface area contributed by atoms with E-state index in [0.717, 1.165) is 37.6 Å². The van der Waals surface area contributed by atoms with E-state index >= 15 is 0 Å². The lowest BCUT2D eigenvalue weighted by Gasteiger charge is -2.34. The lowest BCUT2D eigenvalue weighted by atomic mass is 10.1. The van der Waals surface area contributed by atoms with Gasteiger partial charge in [-0.3, -0.25) is 4.90 Å². The van der Waals surface area contributed by atoms with E-state index in [2.05, 4.69) is 22.2 Å². The summed E-state index contributed by atoms with van der Waals surface area (Å²) in [5.41, 5.74) is 0. The molecule has 0 unspecified atom stereocenters. The molecule has 0 aromatic carbocycles. The molecule has 1 fully saturated rings. The minimum atomic E-state index is 0. The number of piperazine rings is 1. The highest BCUT2D eigenvalue weighted by Gasteiger charge is 2.23. The smallest absolute Gasteiger partial charge is 0.0561 e. The first-order chi connectivity index (χ1) is 7.83. The van der Waals surface area contributed by atoms with E-state index in [0.29, 0.717) is 6.04 Å². The fourth-order valence-electron chi connectivity index (χ4n) is 2.12. The molecule has 2 nitrogen and oxygen atoms in total. The summed E-state index contributed by atoms with van der Waals surface area (Å²) < 4.78 is 0. The average molecular weight is 330 g/mol. The van der Waals surface area contributed by atoms with Crippen LogP contribution in [0.3, 0.4) is 0 Å². The minimum Gasteiger partial charge on any atom is -0.314 e. The Hall–Kier alpha value is 0.230. The molecular weight excluding hydrogens is 311 g/mol. The van der Waals surface area contributed by atoms with Gasteiger partial charge in [-0.2, -0.15) is 0 Å². The van der Waals surface area contributed by atoms with Crippen molar-refractivity contribution >= 4 is 47.8 Å². The van der Waals surface area contributed by atoms with E-state index < -0.39 is 0 Å². The summed E-state index contributed by atoms with van der Waals surface area (Å²) in [4.78, 5) is 3.78. The van der Waals surface area contributed by atoms with Crippen LogP contribution in [0.5, 0.6) is 0 Å². The van der Waals surface area contributed by atoms with Gasteiger partial charge in [0, 0.05) is 37.1 Å². The van der Waals surface area contributed by atoms with Crippen LogP contribution in [-0.4, -0.2) is 31.1 Å². The minimum absolute atomic E-state index is 0. The van der Waals surface area contributed by atoms with Gasteiger partial charge in [0.2, 0.25) is 0 Å². The zero-order chi connectivity index (χ0) is 11.4. The SMILES string of the molecule is C=CC[C@@H](c1sccc1Cl)N1CCNCC1.Cl.Cl.